The fraction of sp³-hybridized carbons (Fsp3) is 0.105. The van der Waals surface area contributed by atoms with Crippen molar-refractivity contribution in [3.8, 4) is 11.5 Å². The second kappa shape index (κ2) is 8.44. The van der Waals surface area contributed by atoms with Crippen LogP contribution in [0.25, 0.3) is 11.5 Å². The highest BCUT2D eigenvalue weighted by Crippen LogP contribution is 2.18. The third-order valence-corrected chi connectivity index (χ3v) is 3.93. The summed E-state index contributed by atoms with van der Waals surface area (Å²) in [5.41, 5.74) is 1.79. The molecule has 6 nitrogen and oxygen atoms in total. The Bertz CT molecular complexity index is 909. The molecule has 1 aromatic heterocycles. The summed E-state index contributed by atoms with van der Waals surface area (Å²) in [5.74, 6) is -0.451. The summed E-state index contributed by atoms with van der Waals surface area (Å²) >= 11 is 3.29. The number of ether oxygens (including phenoxy) is 1. The lowest BCUT2D eigenvalue weighted by atomic mass is 10.2. The fourth-order valence-electron chi connectivity index (χ4n) is 2.18. The molecule has 0 radical (unpaired) electrons. The molecule has 0 saturated carbocycles. The van der Waals surface area contributed by atoms with Crippen LogP contribution in [-0.2, 0) is 16.1 Å². The van der Waals surface area contributed by atoms with Crippen molar-refractivity contribution in [3.05, 3.63) is 76.6 Å². The topological polar surface area (TPSA) is 81.4 Å². The molecule has 0 aliphatic carbocycles. The first-order chi connectivity index (χ1) is 12.6. The van der Waals surface area contributed by atoms with Crippen LogP contribution in [0.5, 0.6) is 0 Å². The van der Waals surface area contributed by atoms with Gasteiger partial charge in [0.2, 0.25) is 5.89 Å². The molecule has 2 aromatic carbocycles. The lowest BCUT2D eigenvalue weighted by Gasteiger charge is -2.05. The number of amides is 1. The summed E-state index contributed by atoms with van der Waals surface area (Å²) in [6.07, 6.45) is 1.44. The van der Waals surface area contributed by atoms with Crippen LogP contribution in [0.3, 0.4) is 0 Å². The van der Waals surface area contributed by atoms with Gasteiger partial charge in [0.1, 0.15) is 25.1 Å². The van der Waals surface area contributed by atoms with E-state index >= 15 is 0 Å². The highest BCUT2D eigenvalue weighted by Gasteiger charge is 2.11. The first-order valence-electron chi connectivity index (χ1n) is 7.81. The third kappa shape index (κ3) is 4.80. The average Bonchev–Trinajstić information content (AvgIpc) is 3.14. The first-order valence-corrected chi connectivity index (χ1v) is 8.60. The van der Waals surface area contributed by atoms with Crippen LogP contribution in [0, 0.1) is 0 Å². The Balaban J connectivity index is 1.47. The second-order valence-corrected chi connectivity index (χ2v) is 6.28. The Hall–Kier alpha value is -2.93. The van der Waals surface area contributed by atoms with Crippen molar-refractivity contribution in [2.45, 2.75) is 6.61 Å². The standard InChI is InChI=1S/C19H15BrN2O4/c20-15-8-4-7-14(9-15)18(24)21-10-17(23)25-11-16-12-26-19(22-16)13-5-2-1-3-6-13/h1-9,12H,10-11H2,(H,21,24). The van der Waals surface area contributed by atoms with E-state index in [9.17, 15) is 9.59 Å². The molecular formula is C19H15BrN2O4. The van der Waals surface area contributed by atoms with Crippen LogP contribution in [0.4, 0.5) is 0 Å². The number of hydrogen-bond donors (Lipinski definition) is 1. The molecule has 0 atom stereocenters. The monoisotopic (exact) mass is 414 g/mol. The summed E-state index contributed by atoms with van der Waals surface area (Å²) in [6, 6.07) is 16.3. The highest BCUT2D eigenvalue weighted by atomic mass is 79.9. The normalized spacial score (nSPS) is 10.3. The number of carbonyl (C=O) groups excluding carboxylic acids is 2. The molecule has 0 aliphatic heterocycles. The number of oxazole rings is 1. The van der Waals surface area contributed by atoms with Gasteiger partial charge in [-0.2, -0.15) is 0 Å². The number of rotatable bonds is 6. The number of aromatic nitrogens is 1. The number of benzene rings is 2. The number of esters is 1. The van der Waals surface area contributed by atoms with Gasteiger partial charge in [-0.15, -0.1) is 0 Å². The Labute approximate surface area is 158 Å². The number of hydrogen-bond acceptors (Lipinski definition) is 5. The zero-order chi connectivity index (χ0) is 18.4. The molecule has 132 valence electrons. The number of nitrogens with zero attached hydrogens (tertiary/aromatic N) is 1. The summed E-state index contributed by atoms with van der Waals surface area (Å²) in [5, 5.41) is 2.52. The number of carbonyl (C=O) groups is 2. The molecular weight excluding hydrogens is 400 g/mol. The molecule has 7 heteroatoms. The molecule has 0 fully saturated rings. The lowest BCUT2D eigenvalue weighted by Crippen LogP contribution is -2.30. The van der Waals surface area contributed by atoms with Crippen LogP contribution >= 0.6 is 15.9 Å². The molecule has 0 saturated heterocycles. The maximum absolute atomic E-state index is 12.0. The maximum Gasteiger partial charge on any atom is 0.325 e. The predicted octanol–water partition coefficient (Wildman–Crippen LogP) is 3.58. The summed E-state index contributed by atoms with van der Waals surface area (Å²) in [6.45, 7) is -0.253. The Morgan fingerprint density at radius 2 is 1.92 bits per heavy atom. The van der Waals surface area contributed by atoms with Gasteiger partial charge in [0.15, 0.2) is 0 Å². The molecule has 3 aromatic rings. The van der Waals surface area contributed by atoms with Crippen LogP contribution in [0.1, 0.15) is 16.1 Å². The Kier molecular flexibility index (Phi) is 5.80. The van der Waals surface area contributed by atoms with Crippen LogP contribution in [-0.4, -0.2) is 23.4 Å². The SMILES string of the molecule is O=C(CNC(=O)c1cccc(Br)c1)OCc1coc(-c2ccccc2)n1. The second-order valence-electron chi connectivity index (χ2n) is 5.36. The van der Waals surface area contributed by atoms with E-state index < -0.39 is 5.97 Å². The quantitative estimate of drug-likeness (QED) is 0.623. The molecule has 0 unspecified atom stereocenters. The van der Waals surface area contributed by atoms with Crippen LogP contribution < -0.4 is 5.32 Å². The average molecular weight is 415 g/mol. The maximum atomic E-state index is 12.0. The minimum atomic E-state index is -0.558. The van der Waals surface area contributed by atoms with Gasteiger partial charge in [-0.3, -0.25) is 9.59 Å². The molecule has 3 rings (SSSR count). The van der Waals surface area contributed by atoms with Crippen LogP contribution in [0.2, 0.25) is 0 Å². The molecule has 0 aliphatic rings. The molecule has 26 heavy (non-hydrogen) atoms. The predicted molar refractivity (Wildman–Crippen MR) is 98.2 cm³/mol. The van der Waals surface area contributed by atoms with E-state index in [2.05, 4.69) is 26.2 Å². The minimum Gasteiger partial charge on any atom is -0.458 e. The van der Waals surface area contributed by atoms with E-state index in [-0.39, 0.29) is 19.1 Å². The number of nitrogens with one attached hydrogen (secondary N) is 1. The van der Waals surface area contributed by atoms with Gasteiger partial charge >= 0.3 is 5.97 Å². The summed E-state index contributed by atoms with van der Waals surface area (Å²) < 4.78 is 11.3. The Morgan fingerprint density at radius 1 is 1.12 bits per heavy atom. The van der Waals surface area contributed by atoms with Gasteiger partial charge in [-0.25, -0.2) is 4.98 Å². The van der Waals surface area contributed by atoms with E-state index in [0.29, 0.717) is 17.1 Å². The van der Waals surface area contributed by atoms with Gasteiger partial charge in [-0.1, -0.05) is 40.2 Å². The smallest absolute Gasteiger partial charge is 0.325 e. The molecule has 1 heterocycles. The van der Waals surface area contributed by atoms with Crippen molar-refractivity contribution < 1.29 is 18.7 Å². The molecule has 1 amide bonds. The van der Waals surface area contributed by atoms with E-state index in [1.165, 1.54) is 6.26 Å². The first kappa shape index (κ1) is 17.9. The zero-order valence-corrected chi connectivity index (χ0v) is 15.2. The third-order valence-electron chi connectivity index (χ3n) is 3.43. The summed E-state index contributed by atoms with van der Waals surface area (Å²) in [4.78, 5) is 28.0. The minimum absolute atomic E-state index is 0.0259. The summed E-state index contributed by atoms with van der Waals surface area (Å²) in [7, 11) is 0. The van der Waals surface area contributed by atoms with Gasteiger partial charge in [0.25, 0.3) is 5.91 Å². The Morgan fingerprint density at radius 3 is 2.69 bits per heavy atom. The number of halogens is 1. The van der Waals surface area contributed by atoms with Gasteiger partial charge in [-0.05, 0) is 30.3 Å². The van der Waals surface area contributed by atoms with Gasteiger partial charge in [0, 0.05) is 15.6 Å². The highest BCUT2D eigenvalue weighted by molar-refractivity contribution is 9.10. The zero-order valence-electron chi connectivity index (χ0n) is 13.6. The van der Waals surface area contributed by atoms with Crippen molar-refractivity contribution in [1.82, 2.24) is 10.3 Å². The molecule has 1 N–H and O–H groups in total. The van der Waals surface area contributed by atoms with Crippen molar-refractivity contribution in [1.29, 1.82) is 0 Å². The van der Waals surface area contributed by atoms with Gasteiger partial charge in [0.05, 0.1) is 0 Å². The van der Waals surface area contributed by atoms with Gasteiger partial charge < -0.3 is 14.5 Å². The van der Waals surface area contributed by atoms with E-state index in [1.54, 1.807) is 18.2 Å². The van der Waals surface area contributed by atoms with E-state index in [1.807, 2.05) is 36.4 Å². The largest absolute Gasteiger partial charge is 0.458 e. The van der Waals surface area contributed by atoms with Crippen molar-refractivity contribution in [2.75, 3.05) is 6.54 Å². The molecule has 0 spiro atoms. The van der Waals surface area contributed by atoms with Crippen molar-refractivity contribution in [2.24, 2.45) is 0 Å². The van der Waals surface area contributed by atoms with Crippen LogP contribution in [0.15, 0.2) is 69.8 Å². The van der Waals surface area contributed by atoms with Crippen molar-refractivity contribution >= 4 is 27.8 Å². The molecule has 0 bridgehead atoms. The lowest BCUT2D eigenvalue weighted by molar-refractivity contribution is -0.143. The van der Waals surface area contributed by atoms with E-state index in [4.69, 9.17) is 9.15 Å². The fourth-order valence-corrected chi connectivity index (χ4v) is 2.58. The van der Waals surface area contributed by atoms with Crippen molar-refractivity contribution in [3.63, 3.8) is 0 Å². The van der Waals surface area contributed by atoms with E-state index in [0.717, 1.165) is 10.0 Å².